The van der Waals surface area contributed by atoms with E-state index in [2.05, 4.69) is 64.0 Å². The van der Waals surface area contributed by atoms with E-state index < -0.39 is 6.10 Å². The second kappa shape index (κ2) is 12.2. The minimum atomic E-state index is -0.762. The summed E-state index contributed by atoms with van der Waals surface area (Å²) in [5.41, 5.74) is 2.37. The Morgan fingerprint density at radius 2 is 1.77 bits per heavy atom. The molecule has 0 aromatic carbocycles. The van der Waals surface area contributed by atoms with Crippen LogP contribution in [0.2, 0.25) is 0 Å². The molecule has 0 saturated carbocycles. The van der Waals surface area contributed by atoms with Crippen molar-refractivity contribution < 1.29 is 15.0 Å². The molecule has 1 aliphatic rings. The van der Waals surface area contributed by atoms with Crippen LogP contribution in [-0.2, 0) is 4.79 Å². The van der Waals surface area contributed by atoms with E-state index in [1.165, 1.54) is 0 Å². The van der Waals surface area contributed by atoms with E-state index in [0.717, 1.165) is 50.0 Å². The zero-order chi connectivity index (χ0) is 22.9. The zero-order valence-electron chi connectivity index (χ0n) is 19.8. The van der Waals surface area contributed by atoms with Gasteiger partial charge in [0, 0.05) is 43.2 Å². The SMILES string of the molecule is C=C(O)/C(=C\CC)CN(CC)CCN(CC)CC1C=C(C(C)(C)C)C=C(C=O)C1O. The highest BCUT2D eigenvalue weighted by atomic mass is 16.3. The molecule has 0 saturated heterocycles. The fourth-order valence-corrected chi connectivity index (χ4v) is 3.67. The summed E-state index contributed by atoms with van der Waals surface area (Å²) in [7, 11) is 0. The Kier molecular flexibility index (Phi) is 10.7. The third kappa shape index (κ3) is 7.86. The molecule has 2 unspecified atom stereocenters. The first-order valence-corrected chi connectivity index (χ1v) is 11.2. The van der Waals surface area contributed by atoms with Gasteiger partial charge in [-0.1, -0.05) is 60.3 Å². The van der Waals surface area contributed by atoms with Gasteiger partial charge in [0.2, 0.25) is 0 Å². The van der Waals surface area contributed by atoms with Crippen LogP contribution in [-0.4, -0.2) is 71.7 Å². The Balaban J connectivity index is 2.84. The monoisotopic (exact) mass is 418 g/mol. The molecule has 1 rings (SSSR count). The molecule has 0 fully saturated rings. The van der Waals surface area contributed by atoms with E-state index in [1.807, 2.05) is 12.2 Å². The number of aliphatic hydroxyl groups is 2. The number of rotatable bonds is 12. The average Bonchev–Trinajstić information content (AvgIpc) is 2.69. The molecule has 0 bridgehead atoms. The second-order valence-corrected chi connectivity index (χ2v) is 9.09. The van der Waals surface area contributed by atoms with Gasteiger partial charge in [-0.25, -0.2) is 0 Å². The van der Waals surface area contributed by atoms with E-state index >= 15 is 0 Å². The molecule has 30 heavy (non-hydrogen) atoms. The quantitative estimate of drug-likeness (QED) is 0.283. The third-order valence-corrected chi connectivity index (χ3v) is 5.78. The van der Waals surface area contributed by atoms with Crippen molar-refractivity contribution in [1.29, 1.82) is 0 Å². The summed E-state index contributed by atoms with van der Waals surface area (Å²) >= 11 is 0. The van der Waals surface area contributed by atoms with Gasteiger partial charge < -0.3 is 15.1 Å². The Hall–Kier alpha value is -1.69. The number of allylic oxidation sites excluding steroid dienone is 3. The normalized spacial score (nSPS) is 20.4. The molecule has 0 radical (unpaired) electrons. The van der Waals surface area contributed by atoms with Crippen LogP contribution in [0.5, 0.6) is 0 Å². The molecule has 0 heterocycles. The van der Waals surface area contributed by atoms with E-state index in [-0.39, 0.29) is 17.1 Å². The summed E-state index contributed by atoms with van der Waals surface area (Å²) in [4.78, 5) is 16.1. The maximum atomic E-state index is 11.5. The molecular formula is C25H42N2O3. The van der Waals surface area contributed by atoms with E-state index in [1.54, 1.807) is 0 Å². The van der Waals surface area contributed by atoms with Gasteiger partial charge in [-0.2, -0.15) is 0 Å². The van der Waals surface area contributed by atoms with E-state index in [0.29, 0.717) is 18.7 Å². The predicted molar refractivity (Wildman–Crippen MR) is 126 cm³/mol. The molecule has 2 atom stereocenters. The van der Waals surface area contributed by atoms with Crippen molar-refractivity contribution in [3.63, 3.8) is 0 Å². The van der Waals surface area contributed by atoms with Crippen molar-refractivity contribution in [2.24, 2.45) is 11.3 Å². The summed E-state index contributed by atoms with van der Waals surface area (Å²) in [5.74, 6) is 0.0354. The lowest BCUT2D eigenvalue weighted by molar-refractivity contribution is -0.106. The van der Waals surface area contributed by atoms with Crippen LogP contribution in [0.4, 0.5) is 0 Å². The van der Waals surface area contributed by atoms with Crippen LogP contribution in [0.15, 0.2) is 47.3 Å². The Bertz CT molecular complexity index is 670. The minimum Gasteiger partial charge on any atom is -0.508 e. The number of hydrogen-bond donors (Lipinski definition) is 2. The van der Waals surface area contributed by atoms with Gasteiger partial charge in [0.25, 0.3) is 0 Å². The Morgan fingerprint density at radius 3 is 2.23 bits per heavy atom. The fourth-order valence-electron chi connectivity index (χ4n) is 3.67. The molecule has 5 nitrogen and oxygen atoms in total. The maximum Gasteiger partial charge on any atom is 0.148 e. The molecule has 0 spiro atoms. The summed E-state index contributed by atoms with van der Waals surface area (Å²) < 4.78 is 0. The van der Waals surface area contributed by atoms with Crippen LogP contribution >= 0.6 is 0 Å². The number of likely N-dealkylation sites (N-methyl/N-ethyl adjacent to an activating group) is 2. The van der Waals surface area contributed by atoms with Gasteiger partial charge in [0.1, 0.15) is 12.0 Å². The third-order valence-electron chi connectivity index (χ3n) is 5.78. The molecule has 0 aliphatic heterocycles. The zero-order valence-corrected chi connectivity index (χ0v) is 19.8. The number of aldehydes is 1. The first-order chi connectivity index (χ1) is 14.1. The van der Waals surface area contributed by atoms with Crippen molar-refractivity contribution in [3.05, 3.63) is 47.3 Å². The number of aliphatic hydroxyl groups excluding tert-OH is 2. The van der Waals surface area contributed by atoms with Crippen molar-refractivity contribution in [1.82, 2.24) is 9.80 Å². The molecule has 0 aromatic rings. The lowest BCUT2D eigenvalue weighted by Crippen LogP contribution is -2.41. The highest BCUT2D eigenvalue weighted by Gasteiger charge is 2.30. The summed E-state index contributed by atoms with van der Waals surface area (Å²) in [6.07, 6.45) is 6.88. The van der Waals surface area contributed by atoms with Crippen molar-refractivity contribution >= 4 is 6.29 Å². The number of nitrogens with zero attached hydrogens (tertiary/aromatic N) is 2. The van der Waals surface area contributed by atoms with Crippen LogP contribution in [0.3, 0.4) is 0 Å². The smallest absolute Gasteiger partial charge is 0.148 e. The first-order valence-electron chi connectivity index (χ1n) is 11.2. The summed E-state index contributed by atoms with van der Waals surface area (Å²) in [6.45, 7) is 21.2. The Morgan fingerprint density at radius 1 is 1.17 bits per heavy atom. The first kappa shape index (κ1) is 26.3. The Labute approximate surface area is 183 Å². The van der Waals surface area contributed by atoms with Gasteiger partial charge in [0.05, 0.1) is 6.10 Å². The summed E-state index contributed by atoms with van der Waals surface area (Å²) in [6, 6.07) is 0. The van der Waals surface area contributed by atoms with Gasteiger partial charge >= 0.3 is 0 Å². The van der Waals surface area contributed by atoms with E-state index in [4.69, 9.17) is 0 Å². The van der Waals surface area contributed by atoms with Crippen LogP contribution < -0.4 is 0 Å². The van der Waals surface area contributed by atoms with Gasteiger partial charge in [-0.15, -0.1) is 0 Å². The number of carbonyl (C=O) groups excluding carboxylic acids is 1. The lowest BCUT2D eigenvalue weighted by Gasteiger charge is -2.34. The predicted octanol–water partition coefficient (Wildman–Crippen LogP) is 4.13. The van der Waals surface area contributed by atoms with Crippen molar-refractivity contribution in [2.45, 2.75) is 54.1 Å². The van der Waals surface area contributed by atoms with Crippen LogP contribution in [0.1, 0.15) is 48.0 Å². The number of carbonyl (C=O) groups is 1. The molecule has 1 aliphatic carbocycles. The van der Waals surface area contributed by atoms with Crippen LogP contribution in [0, 0.1) is 11.3 Å². The van der Waals surface area contributed by atoms with Gasteiger partial charge in [-0.05, 0) is 36.6 Å². The topological polar surface area (TPSA) is 64.0 Å². The molecule has 2 N–H and O–H groups in total. The van der Waals surface area contributed by atoms with Gasteiger partial charge in [-0.3, -0.25) is 9.69 Å². The van der Waals surface area contributed by atoms with Gasteiger partial charge in [0.15, 0.2) is 0 Å². The molecule has 0 amide bonds. The largest absolute Gasteiger partial charge is 0.508 e. The molecule has 0 aromatic heterocycles. The highest BCUT2D eigenvalue weighted by Crippen LogP contribution is 2.34. The standard InChI is InChI=1S/C25H42N2O3/c1-8-11-20(19(4)29)16-26(9-2)12-13-27(10-3)17-21-14-23(25(5,6)7)15-22(18-28)24(21)30/h11,14-15,18,21,24,29-30H,4,8-10,12-13,16-17H2,1-3,5-7H3/b20-11-. The maximum absolute atomic E-state index is 11.5. The summed E-state index contributed by atoms with van der Waals surface area (Å²) in [5, 5.41) is 20.5. The minimum absolute atomic E-state index is 0.0720. The lowest BCUT2D eigenvalue weighted by atomic mass is 9.77. The second-order valence-electron chi connectivity index (χ2n) is 9.09. The molecular weight excluding hydrogens is 376 g/mol. The number of hydrogen-bond acceptors (Lipinski definition) is 5. The van der Waals surface area contributed by atoms with Crippen LogP contribution in [0.25, 0.3) is 0 Å². The molecule has 5 heteroatoms. The fraction of sp³-hybridized carbons (Fsp3) is 0.640. The van der Waals surface area contributed by atoms with E-state index in [9.17, 15) is 15.0 Å². The highest BCUT2D eigenvalue weighted by molar-refractivity contribution is 5.77. The van der Waals surface area contributed by atoms with Crippen molar-refractivity contribution in [2.75, 3.05) is 39.3 Å². The average molecular weight is 419 g/mol. The molecule has 170 valence electrons. The van der Waals surface area contributed by atoms with Crippen molar-refractivity contribution in [3.8, 4) is 0 Å².